The first-order valence-corrected chi connectivity index (χ1v) is 7.03. The second-order valence-corrected chi connectivity index (χ2v) is 5.12. The molecule has 0 spiro atoms. The number of amides is 1. The van der Waals surface area contributed by atoms with Gasteiger partial charge in [0.25, 0.3) is 5.91 Å². The summed E-state index contributed by atoms with van der Waals surface area (Å²) in [6, 6.07) is 12.5. The first-order chi connectivity index (χ1) is 10.6. The Kier molecular flexibility index (Phi) is 3.89. The van der Waals surface area contributed by atoms with E-state index < -0.39 is 5.91 Å². The molecule has 1 amide bonds. The van der Waals surface area contributed by atoms with Gasteiger partial charge in [-0.15, -0.1) is 0 Å². The lowest BCUT2D eigenvalue weighted by molar-refractivity contribution is 0.0997. The number of rotatable bonds is 2. The van der Waals surface area contributed by atoms with Crippen LogP contribution in [0.3, 0.4) is 0 Å². The van der Waals surface area contributed by atoms with Crippen LogP contribution >= 0.6 is 11.6 Å². The van der Waals surface area contributed by atoms with Crippen LogP contribution in [0.5, 0.6) is 0 Å². The molecule has 3 rings (SSSR count). The lowest BCUT2D eigenvalue weighted by Gasteiger charge is -1.97. The van der Waals surface area contributed by atoms with Crippen LogP contribution in [-0.2, 0) is 7.05 Å². The molecule has 0 unspecified atom stereocenters. The number of hydrogen-bond donors (Lipinski definition) is 1. The number of aryl methyl sites for hydroxylation is 1. The zero-order chi connectivity index (χ0) is 15.5. The number of pyridine rings is 1. The lowest BCUT2D eigenvalue weighted by Crippen LogP contribution is -2.17. The summed E-state index contributed by atoms with van der Waals surface area (Å²) in [5, 5.41) is 0.385. The molecule has 0 aliphatic rings. The van der Waals surface area contributed by atoms with E-state index in [0.717, 1.165) is 11.4 Å². The van der Waals surface area contributed by atoms with Crippen LogP contribution in [0, 0.1) is 0 Å². The number of nitrogens with zero attached hydrogens (tertiary/aromatic N) is 3. The van der Waals surface area contributed by atoms with Crippen molar-refractivity contribution in [2.75, 3.05) is 0 Å². The van der Waals surface area contributed by atoms with Crippen molar-refractivity contribution < 1.29 is 4.79 Å². The summed E-state index contributed by atoms with van der Waals surface area (Å²) in [6.45, 7) is 0. The minimum absolute atomic E-state index is 0.373. The number of benzene rings is 1. The van der Waals surface area contributed by atoms with Crippen LogP contribution in [-0.4, -0.2) is 20.4 Å². The quantitative estimate of drug-likeness (QED) is 0.791. The standard InChI is InChI=1S/C16H13ClN4O/c1-21-10-14(13-8-4-5-9-18-13)19-16(21)20-15(22)11-6-2-3-7-12(11)17/h2-10H,1H3,(H,19,20,22). The van der Waals surface area contributed by atoms with Crippen LogP contribution in [0.1, 0.15) is 10.4 Å². The number of halogens is 1. The molecule has 22 heavy (non-hydrogen) atoms. The molecule has 1 N–H and O–H groups in total. The van der Waals surface area contributed by atoms with Crippen LogP contribution in [0.4, 0.5) is 0 Å². The maximum absolute atomic E-state index is 12.2. The molecule has 1 aromatic carbocycles. The van der Waals surface area contributed by atoms with Crippen molar-refractivity contribution in [3.8, 4) is 11.4 Å². The molecule has 0 fully saturated rings. The van der Waals surface area contributed by atoms with E-state index in [2.05, 4.69) is 15.0 Å². The second kappa shape index (κ2) is 5.99. The number of imidazole rings is 1. The Morgan fingerprint density at radius 1 is 1.23 bits per heavy atom. The van der Waals surface area contributed by atoms with E-state index in [1.165, 1.54) is 0 Å². The van der Waals surface area contributed by atoms with Gasteiger partial charge in [0.05, 0.1) is 22.0 Å². The summed E-state index contributed by atoms with van der Waals surface area (Å²) in [4.78, 5) is 23.7. The van der Waals surface area contributed by atoms with Crippen LogP contribution < -0.4 is 5.62 Å². The Hall–Kier alpha value is -2.66. The smallest absolute Gasteiger partial charge is 0.281 e. The number of aromatic amines is 1. The second-order valence-electron chi connectivity index (χ2n) is 4.71. The Bertz CT molecular complexity index is 880. The van der Waals surface area contributed by atoms with Crippen LogP contribution in [0.2, 0.25) is 5.02 Å². The molecule has 0 saturated carbocycles. The highest BCUT2D eigenvalue weighted by Gasteiger charge is 2.09. The molecule has 5 nitrogen and oxygen atoms in total. The van der Waals surface area contributed by atoms with Gasteiger partial charge in [-0.05, 0) is 24.3 Å². The molecule has 0 bridgehead atoms. The molecule has 3 aromatic rings. The van der Waals surface area contributed by atoms with Crippen molar-refractivity contribution in [3.63, 3.8) is 0 Å². The van der Waals surface area contributed by atoms with Crippen molar-refractivity contribution in [1.82, 2.24) is 14.5 Å². The zero-order valence-corrected chi connectivity index (χ0v) is 12.6. The number of carbonyl (C=O) groups excluding carboxylic acids is 1. The van der Waals surface area contributed by atoms with Crippen molar-refractivity contribution in [2.45, 2.75) is 0 Å². The third-order valence-electron chi connectivity index (χ3n) is 3.16. The Balaban J connectivity index is 2.01. The molecule has 6 heteroatoms. The summed E-state index contributed by atoms with van der Waals surface area (Å²) in [5.41, 5.74) is 2.38. The van der Waals surface area contributed by atoms with Gasteiger partial charge >= 0.3 is 0 Å². The molecule has 0 aliphatic carbocycles. The lowest BCUT2D eigenvalue weighted by atomic mass is 10.2. The Labute approximate surface area is 131 Å². The molecule has 2 heterocycles. The molecule has 0 aliphatic heterocycles. The average Bonchev–Trinajstić information content (AvgIpc) is 2.89. The normalized spacial score (nSPS) is 11.6. The maximum atomic E-state index is 12.2. The molecule has 110 valence electrons. The van der Waals surface area contributed by atoms with E-state index in [9.17, 15) is 4.79 Å². The van der Waals surface area contributed by atoms with Gasteiger partial charge in [0, 0.05) is 19.4 Å². The number of carbonyl (C=O) groups is 1. The van der Waals surface area contributed by atoms with Gasteiger partial charge in [-0.2, -0.15) is 4.99 Å². The maximum Gasteiger partial charge on any atom is 0.281 e. The van der Waals surface area contributed by atoms with E-state index in [1.807, 2.05) is 31.4 Å². The molecular weight excluding hydrogens is 300 g/mol. The number of hydrogen-bond acceptors (Lipinski definition) is 2. The molecular formula is C16H13ClN4O. The third-order valence-corrected chi connectivity index (χ3v) is 3.49. The molecule has 0 saturated heterocycles. The van der Waals surface area contributed by atoms with Crippen molar-refractivity contribution in [2.24, 2.45) is 12.0 Å². The summed E-state index contributed by atoms with van der Waals surface area (Å²) in [7, 11) is 1.81. The topological polar surface area (TPSA) is 63.0 Å². The Morgan fingerprint density at radius 3 is 2.73 bits per heavy atom. The van der Waals surface area contributed by atoms with Gasteiger partial charge in [-0.3, -0.25) is 9.78 Å². The zero-order valence-electron chi connectivity index (χ0n) is 11.8. The van der Waals surface area contributed by atoms with Gasteiger partial charge in [-0.25, -0.2) is 0 Å². The molecule has 0 atom stereocenters. The molecule has 2 aromatic heterocycles. The van der Waals surface area contributed by atoms with Gasteiger partial charge in [0.15, 0.2) is 0 Å². The number of H-pyrrole nitrogens is 1. The van der Waals surface area contributed by atoms with Gasteiger partial charge < -0.3 is 9.55 Å². The third kappa shape index (κ3) is 2.84. The highest BCUT2D eigenvalue weighted by molar-refractivity contribution is 6.33. The first-order valence-electron chi connectivity index (χ1n) is 6.66. The number of aromatic nitrogens is 3. The summed E-state index contributed by atoms with van der Waals surface area (Å²) >= 11 is 6.02. The fourth-order valence-corrected chi connectivity index (χ4v) is 2.26. The van der Waals surface area contributed by atoms with Crippen molar-refractivity contribution in [3.05, 3.63) is 71.1 Å². The summed E-state index contributed by atoms with van der Waals surface area (Å²) < 4.78 is 1.73. The van der Waals surface area contributed by atoms with E-state index in [0.29, 0.717) is 16.2 Å². The number of nitrogens with one attached hydrogen (secondary N) is 1. The van der Waals surface area contributed by atoms with E-state index in [-0.39, 0.29) is 0 Å². The monoisotopic (exact) mass is 312 g/mol. The summed E-state index contributed by atoms with van der Waals surface area (Å²) in [6.07, 6.45) is 3.54. The van der Waals surface area contributed by atoms with Gasteiger partial charge in [-0.1, -0.05) is 29.8 Å². The average molecular weight is 313 g/mol. The van der Waals surface area contributed by atoms with Crippen molar-refractivity contribution >= 4 is 17.5 Å². The largest absolute Gasteiger partial charge is 0.322 e. The minimum atomic E-state index is -0.393. The SMILES string of the molecule is Cn1cc(-c2ccccn2)[nH]/c1=N\C(=O)c1ccccc1Cl. The first kappa shape index (κ1) is 14.3. The molecule has 0 radical (unpaired) electrons. The van der Waals surface area contributed by atoms with Crippen LogP contribution in [0.15, 0.2) is 59.9 Å². The fourth-order valence-electron chi connectivity index (χ4n) is 2.05. The highest BCUT2D eigenvalue weighted by atomic mass is 35.5. The predicted octanol–water partition coefficient (Wildman–Crippen LogP) is 2.81. The highest BCUT2D eigenvalue weighted by Crippen LogP contribution is 2.15. The fraction of sp³-hybridized carbons (Fsp3) is 0.0625. The van der Waals surface area contributed by atoms with E-state index in [1.54, 1.807) is 35.0 Å². The van der Waals surface area contributed by atoms with E-state index in [4.69, 9.17) is 11.6 Å². The van der Waals surface area contributed by atoms with Crippen LogP contribution in [0.25, 0.3) is 11.4 Å². The Morgan fingerprint density at radius 2 is 2.00 bits per heavy atom. The predicted molar refractivity (Wildman–Crippen MR) is 84.3 cm³/mol. The summed E-state index contributed by atoms with van der Waals surface area (Å²) in [5.74, 6) is -0.393. The minimum Gasteiger partial charge on any atom is -0.322 e. The van der Waals surface area contributed by atoms with Gasteiger partial charge in [0.2, 0.25) is 5.62 Å². The van der Waals surface area contributed by atoms with Crippen molar-refractivity contribution in [1.29, 1.82) is 0 Å². The van der Waals surface area contributed by atoms with E-state index >= 15 is 0 Å². The van der Waals surface area contributed by atoms with Gasteiger partial charge in [0.1, 0.15) is 0 Å².